The van der Waals surface area contributed by atoms with Crippen LogP contribution in [0.4, 0.5) is 0 Å². The van der Waals surface area contributed by atoms with Crippen molar-refractivity contribution >= 4 is 19.7 Å². The maximum atomic E-state index is 13.5. The molecule has 0 aromatic carbocycles. The minimum Gasteiger partial charge on any atom is -0.456 e. The normalized spacial score (nSPS) is 14.2. The number of likely N-dealkylation sites (N-methyl/N-ethyl adjacent to an activating group) is 1. The summed E-state index contributed by atoms with van der Waals surface area (Å²) in [4.78, 5) is 37.7. The van der Waals surface area contributed by atoms with E-state index in [1.165, 1.54) is 128 Å². The van der Waals surface area contributed by atoms with E-state index in [4.69, 9.17) is 13.8 Å². The Hall–Kier alpha value is -2.81. The highest BCUT2D eigenvalue weighted by atomic mass is 31.2. The second-order valence-corrected chi connectivity index (χ2v) is 24.1. The van der Waals surface area contributed by atoms with E-state index in [1.54, 1.807) is 0 Å². The van der Waals surface area contributed by atoms with Crippen LogP contribution in [0.25, 0.3) is 0 Å². The number of phosphoric ester groups is 1. The van der Waals surface area contributed by atoms with Crippen molar-refractivity contribution in [3.63, 3.8) is 0 Å². The first-order chi connectivity index (χ1) is 37.4. The number of nitrogens with zero attached hydrogens (tertiary/aromatic N) is 1. The Morgan fingerprint density at radius 3 is 1.29 bits per heavy atom. The Kier molecular flexibility index (Phi) is 54.4. The second kappa shape index (κ2) is 56.5. The minimum atomic E-state index is -4.45. The molecule has 10 heteroatoms. The zero-order chi connectivity index (χ0) is 56.4. The lowest BCUT2D eigenvalue weighted by molar-refractivity contribution is -0.870. The van der Waals surface area contributed by atoms with Gasteiger partial charge in [-0.2, -0.15) is 0 Å². The molecule has 0 aliphatic rings. The van der Waals surface area contributed by atoms with Crippen LogP contribution in [0.5, 0.6) is 0 Å². The van der Waals surface area contributed by atoms with Gasteiger partial charge in [0.1, 0.15) is 19.3 Å². The number of phosphoric acid groups is 1. The number of hydrogen-bond acceptors (Lipinski definition) is 6. The summed E-state index contributed by atoms with van der Waals surface area (Å²) in [7, 11) is 1.48. The molecule has 3 unspecified atom stereocenters. The maximum absolute atomic E-state index is 13.5. The van der Waals surface area contributed by atoms with Crippen LogP contribution in [0.15, 0.2) is 85.1 Å². The number of hydrogen-bond donors (Lipinski definition) is 2. The first kappa shape index (κ1) is 74.2. The standard InChI is InChI=1S/C67H121N2O7P/c1-7-10-13-16-19-22-25-27-29-30-31-32-33-34-35-36-37-38-40-42-45-48-51-54-57-60-67(71)76-65(58-55-52-49-46-43-24-21-18-15-12-9-3)64(63-75-77(72,73)74-62-61-69(4,5)6)68-66(70)59-56-53-50-47-44-41-39-28-26-23-20-17-14-11-8-2/h19-20,22-23,26-29,31-32,34-35,55,58,64-65H,7-18,21,24-25,30,33,36-54,56-57,59-63H2,1-6H3,(H-,68,70,72,73)/p+1/b22-19-,23-20+,28-26+,29-27-,32-31-,35-34-,58-55-. The minimum absolute atomic E-state index is 0.0337. The van der Waals surface area contributed by atoms with E-state index in [0.29, 0.717) is 17.4 Å². The molecule has 0 radical (unpaired) electrons. The molecule has 0 aliphatic carbocycles. The summed E-state index contributed by atoms with van der Waals surface area (Å²) in [5, 5.41) is 3.05. The van der Waals surface area contributed by atoms with Crippen LogP contribution in [0.2, 0.25) is 0 Å². The number of rotatable bonds is 57. The summed E-state index contributed by atoms with van der Waals surface area (Å²) in [6, 6.07) is -0.860. The number of esters is 1. The van der Waals surface area contributed by atoms with Crippen LogP contribution in [-0.4, -0.2) is 74.3 Å². The van der Waals surface area contributed by atoms with Gasteiger partial charge in [-0.05, 0) is 102 Å². The highest BCUT2D eigenvalue weighted by Gasteiger charge is 2.30. The Labute approximate surface area is 476 Å². The average Bonchev–Trinajstić information content (AvgIpc) is 3.39. The summed E-state index contributed by atoms with van der Waals surface area (Å²) in [6.45, 7) is 6.94. The van der Waals surface area contributed by atoms with Gasteiger partial charge in [0.25, 0.3) is 0 Å². The predicted octanol–water partition coefficient (Wildman–Crippen LogP) is 19.8. The lowest BCUT2D eigenvalue weighted by Gasteiger charge is -2.27. The molecule has 0 aliphatic heterocycles. The van der Waals surface area contributed by atoms with Gasteiger partial charge < -0.3 is 19.4 Å². The van der Waals surface area contributed by atoms with Crippen molar-refractivity contribution < 1.29 is 37.3 Å². The van der Waals surface area contributed by atoms with Gasteiger partial charge in [0.05, 0.1) is 33.8 Å². The zero-order valence-corrected chi connectivity index (χ0v) is 51.8. The SMILES string of the molecule is CCCCC/C=C\C/C=C\C/C=C\C/C=C\CCCCCCCCCCCC(=O)OC(/C=C\CCCCCCCCCCC)C(COP(=O)(O)OCC[N+](C)(C)C)NC(=O)CCCCCCCC/C=C/C=C/CCCCC. The first-order valence-electron chi connectivity index (χ1n) is 31.9. The molecule has 0 heterocycles. The molecule has 0 aromatic heterocycles. The summed E-state index contributed by atoms with van der Waals surface area (Å²) in [6.07, 6.45) is 74.4. The third kappa shape index (κ3) is 57.7. The highest BCUT2D eigenvalue weighted by Crippen LogP contribution is 2.43. The van der Waals surface area contributed by atoms with Crippen molar-refractivity contribution in [3.8, 4) is 0 Å². The van der Waals surface area contributed by atoms with E-state index < -0.39 is 20.0 Å². The molecule has 3 atom stereocenters. The molecule has 446 valence electrons. The van der Waals surface area contributed by atoms with Crippen molar-refractivity contribution in [2.75, 3.05) is 40.9 Å². The molecule has 0 aromatic rings. The molecule has 0 fully saturated rings. The van der Waals surface area contributed by atoms with E-state index >= 15 is 0 Å². The average molecular weight is 1100 g/mol. The number of quaternary nitrogens is 1. The lowest BCUT2D eigenvalue weighted by Crippen LogP contribution is -2.47. The molecule has 77 heavy (non-hydrogen) atoms. The van der Waals surface area contributed by atoms with Gasteiger partial charge in [0, 0.05) is 12.8 Å². The predicted molar refractivity (Wildman–Crippen MR) is 332 cm³/mol. The molecule has 1 amide bonds. The van der Waals surface area contributed by atoms with Gasteiger partial charge in [-0.15, -0.1) is 0 Å². The largest absolute Gasteiger partial charge is 0.472 e. The first-order valence-corrected chi connectivity index (χ1v) is 33.4. The quantitative estimate of drug-likeness (QED) is 0.0156. The van der Waals surface area contributed by atoms with Crippen molar-refractivity contribution in [2.24, 2.45) is 0 Å². The number of allylic oxidation sites excluding steroid dienone is 13. The number of unbranched alkanes of at least 4 members (excludes halogenated alkanes) is 30. The topological polar surface area (TPSA) is 111 Å². The molecule has 0 saturated carbocycles. The van der Waals surface area contributed by atoms with Crippen molar-refractivity contribution in [1.29, 1.82) is 0 Å². The Bertz CT molecular complexity index is 1590. The van der Waals surface area contributed by atoms with Crippen LogP contribution < -0.4 is 5.32 Å². The summed E-state index contributed by atoms with van der Waals surface area (Å²) >= 11 is 0. The van der Waals surface area contributed by atoms with E-state index in [-0.39, 0.29) is 31.5 Å². The van der Waals surface area contributed by atoms with E-state index in [0.717, 1.165) is 116 Å². The fourth-order valence-corrected chi connectivity index (χ4v) is 9.59. The number of amides is 1. The highest BCUT2D eigenvalue weighted by molar-refractivity contribution is 7.47. The Morgan fingerprint density at radius 2 is 0.831 bits per heavy atom. The number of carbonyl (C=O) groups is 2. The van der Waals surface area contributed by atoms with Crippen LogP contribution in [0.3, 0.4) is 0 Å². The van der Waals surface area contributed by atoms with Gasteiger partial charge in [-0.3, -0.25) is 18.6 Å². The van der Waals surface area contributed by atoms with Gasteiger partial charge in [-0.1, -0.05) is 247 Å². The van der Waals surface area contributed by atoms with Gasteiger partial charge in [0.15, 0.2) is 0 Å². The fourth-order valence-electron chi connectivity index (χ4n) is 8.86. The summed E-state index contributed by atoms with van der Waals surface area (Å²) in [5.74, 6) is -0.526. The van der Waals surface area contributed by atoms with Gasteiger partial charge in [0.2, 0.25) is 5.91 Å². The Balaban J connectivity index is 5.14. The van der Waals surface area contributed by atoms with E-state index in [2.05, 4.69) is 99.0 Å². The third-order valence-corrected chi connectivity index (χ3v) is 14.8. The fraction of sp³-hybridized carbons (Fsp3) is 0.761. The Morgan fingerprint density at radius 1 is 0.468 bits per heavy atom. The maximum Gasteiger partial charge on any atom is 0.472 e. The van der Waals surface area contributed by atoms with E-state index in [1.807, 2.05) is 33.3 Å². The van der Waals surface area contributed by atoms with Crippen LogP contribution in [0.1, 0.15) is 278 Å². The van der Waals surface area contributed by atoms with E-state index in [9.17, 15) is 19.0 Å². The molecule has 0 saturated heterocycles. The summed E-state index contributed by atoms with van der Waals surface area (Å²) < 4.78 is 30.7. The van der Waals surface area contributed by atoms with Crippen molar-refractivity contribution in [1.82, 2.24) is 5.32 Å². The second-order valence-electron chi connectivity index (χ2n) is 22.6. The number of carbonyl (C=O) groups excluding carboxylic acids is 2. The van der Waals surface area contributed by atoms with Crippen molar-refractivity contribution in [3.05, 3.63) is 85.1 Å². The van der Waals surface area contributed by atoms with Crippen molar-refractivity contribution in [2.45, 2.75) is 290 Å². The third-order valence-electron chi connectivity index (χ3n) is 13.8. The molecule has 2 N–H and O–H groups in total. The molecular weight excluding hydrogens is 976 g/mol. The molecular formula is C67H122N2O7P+. The van der Waals surface area contributed by atoms with Crippen LogP contribution >= 0.6 is 7.82 Å². The lowest BCUT2D eigenvalue weighted by atomic mass is 10.0. The molecule has 9 nitrogen and oxygen atoms in total. The molecule has 0 spiro atoms. The number of nitrogens with one attached hydrogen (secondary N) is 1. The molecule has 0 bridgehead atoms. The van der Waals surface area contributed by atoms with Crippen LogP contribution in [0, 0.1) is 0 Å². The zero-order valence-electron chi connectivity index (χ0n) is 50.9. The molecule has 0 rings (SSSR count). The monoisotopic (exact) mass is 1100 g/mol. The summed E-state index contributed by atoms with van der Waals surface area (Å²) in [5.41, 5.74) is 0. The number of ether oxygens (including phenoxy) is 1. The van der Waals surface area contributed by atoms with Crippen LogP contribution in [-0.2, 0) is 27.9 Å². The van der Waals surface area contributed by atoms with Gasteiger partial charge in [-0.25, -0.2) is 4.57 Å². The van der Waals surface area contributed by atoms with Gasteiger partial charge >= 0.3 is 13.8 Å². The smallest absolute Gasteiger partial charge is 0.456 e.